The van der Waals surface area contributed by atoms with Gasteiger partial charge < -0.3 is 10.6 Å². The Morgan fingerprint density at radius 1 is 0.868 bits per heavy atom. The molecule has 0 unspecified atom stereocenters. The number of amides is 1. The van der Waals surface area contributed by atoms with E-state index in [1.54, 1.807) is 6.20 Å². The van der Waals surface area contributed by atoms with Gasteiger partial charge in [-0.05, 0) is 73.5 Å². The number of piperidine rings is 1. The van der Waals surface area contributed by atoms with E-state index < -0.39 is 0 Å². The Bertz CT molecular complexity index is 1170. The number of benzene rings is 2. The van der Waals surface area contributed by atoms with Crippen LogP contribution >= 0.6 is 0 Å². The van der Waals surface area contributed by atoms with E-state index in [1.165, 1.54) is 16.7 Å². The van der Waals surface area contributed by atoms with E-state index >= 15 is 0 Å². The quantitative estimate of drug-likeness (QED) is 0.486. The van der Waals surface area contributed by atoms with Crippen LogP contribution in [-0.4, -0.2) is 64.5 Å². The van der Waals surface area contributed by atoms with Crippen LogP contribution < -0.4 is 10.6 Å². The van der Waals surface area contributed by atoms with Gasteiger partial charge in [0.15, 0.2) is 0 Å². The van der Waals surface area contributed by atoms with Crippen molar-refractivity contribution in [1.82, 2.24) is 25.4 Å². The summed E-state index contributed by atoms with van der Waals surface area (Å²) in [6.07, 6.45) is 8.86. The van der Waals surface area contributed by atoms with Crippen LogP contribution in [0.15, 0.2) is 79.1 Å². The first kappa shape index (κ1) is 25.2. The second-order valence-electron chi connectivity index (χ2n) is 11.3. The Morgan fingerprint density at radius 3 is 2.29 bits per heavy atom. The van der Waals surface area contributed by atoms with Crippen LogP contribution in [-0.2, 0) is 30.7 Å². The molecule has 3 heterocycles. The lowest BCUT2D eigenvalue weighted by Gasteiger charge is -2.34. The highest BCUT2D eigenvalue weighted by atomic mass is 16.2. The minimum Gasteiger partial charge on any atom is -0.351 e. The average Bonchev–Trinajstić information content (AvgIpc) is 3.58. The Balaban J connectivity index is 1.07. The highest BCUT2D eigenvalue weighted by molar-refractivity contribution is 5.82. The van der Waals surface area contributed by atoms with Crippen LogP contribution in [0.3, 0.4) is 0 Å². The van der Waals surface area contributed by atoms with Crippen LogP contribution in [0.2, 0.25) is 0 Å². The zero-order valence-corrected chi connectivity index (χ0v) is 22.1. The number of fused-ring (bicyclic) bond motifs is 1. The van der Waals surface area contributed by atoms with Crippen LogP contribution in [0.1, 0.15) is 41.5 Å². The number of aromatic nitrogens is 1. The van der Waals surface area contributed by atoms with Crippen molar-refractivity contribution in [2.45, 2.75) is 69.4 Å². The molecule has 3 aliphatic rings. The maximum Gasteiger partial charge on any atom is 0.237 e. The molecule has 2 N–H and O–H groups in total. The molecule has 1 aliphatic carbocycles. The van der Waals surface area contributed by atoms with Gasteiger partial charge in [-0.15, -0.1) is 0 Å². The van der Waals surface area contributed by atoms with Crippen molar-refractivity contribution < 1.29 is 4.79 Å². The number of rotatable bonds is 8. The number of pyridine rings is 1. The zero-order valence-electron chi connectivity index (χ0n) is 22.1. The van der Waals surface area contributed by atoms with E-state index in [9.17, 15) is 4.79 Å². The lowest BCUT2D eigenvalue weighted by molar-refractivity contribution is -0.126. The molecule has 6 rings (SSSR count). The predicted molar refractivity (Wildman–Crippen MR) is 150 cm³/mol. The minimum absolute atomic E-state index is 0.0957. The van der Waals surface area contributed by atoms with Gasteiger partial charge >= 0.3 is 0 Å². The molecule has 1 amide bonds. The summed E-state index contributed by atoms with van der Waals surface area (Å²) in [5.74, 6) is 0.145. The normalized spacial score (nSPS) is 22.9. The summed E-state index contributed by atoms with van der Waals surface area (Å²) in [5, 5.41) is 7.19. The molecule has 0 spiro atoms. The molecule has 0 bridgehead atoms. The number of carbonyl (C=O) groups is 1. The van der Waals surface area contributed by atoms with Crippen LogP contribution in [0.4, 0.5) is 0 Å². The molecule has 2 aromatic carbocycles. The summed E-state index contributed by atoms with van der Waals surface area (Å²) in [6.45, 7) is 4.74. The van der Waals surface area contributed by atoms with Crippen LogP contribution in [0.25, 0.3) is 0 Å². The second kappa shape index (κ2) is 11.8. The van der Waals surface area contributed by atoms with Gasteiger partial charge in [0.05, 0.1) is 6.04 Å². The van der Waals surface area contributed by atoms with Crippen molar-refractivity contribution in [3.8, 4) is 0 Å². The molecule has 0 saturated carbocycles. The van der Waals surface area contributed by atoms with Crippen LogP contribution in [0, 0.1) is 0 Å². The van der Waals surface area contributed by atoms with Crippen molar-refractivity contribution >= 4 is 5.91 Å². The number of hydrogen-bond donors (Lipinski definition) is 2. The molecular formula is C32H39N5O. The van der Waals surface area contributed by atoms with Crippen molar-refractivity contribution in [2.75, 3.05) is 19.6 Å². The summed E-state index contributed by atoms with van der Waals surface area (Å²) in [6, 6.07) is 24.7. The molecule has 2 saturated heterocycles. The molecule has 6 heteroatoms. The second-order valence-corrected chi connectivity index (χ2v) is 11.3. The van der Waals surface area contributed by atoms with E-state index in [4.69, 9.17) is 0 Å². The lowest BCUT2D eigenvalue weighted by atomic mass is 10.0. The van der Waals surface area contributed by atoms with Crippen LogP contribution in [0.5, 0.6) is 0 Å². The fourth-order valence-corrected chi connectivity index (χ4v) is 6.66. The Labute approximate surface area is 226 Å². The van der Waals surface area contributed by atoms with Crippen molar-refractivity contribution in [3.05, 3.63) is 101 Å². The zero-order chi connectivity index (χ0) is 25.7. The number of nitrogens with zero attached hydrogens (tertiary/aromatic N) is 3. The Morgan fingerprint density at radius 2 is 1.58 bits per heavy atom. The van der Waals surface area contributed by atoms with E-state index in [0.717, 1.165) is 63.8 Å². The first-order chi connectivity index (χ1) is 18.7. The first-order valence-corrected chi connectivity index (χ1v) is 14.2. The highest BCUT2D eigenvalue weighted by Gasteiger charge is 2.42. The van der Waals surface area contributed by atoms with Gasteiger partial charge in [0.25, 0.3) is 0 Å². The highest BCUT2D eigenvalue weighted by Crippen LogP contribution is 2.31. The summed E-state index contributed by atoms with van der Waals surface area (Å²) in [7, 11) is 0. The molecule has 198 valence electrons. The van der Waals surface area contributed by atoms with Gasteiger partial charge in [0.2, 0.25) is 5.91 Å². The maximum atomic E-state index is 13.5. The van der Waals surface area contributed by atoms with Gasteiger partial charge in [-0.1, -0.05) is 60.7 Å². The molecule has 2 atom stereocenters. The van der Waals surface area contributed by atoms with Gasteiger partial charge in [0, 0.05) is 50.2 Å². The summed E-state index contributed by atoms with van der Waals surface area (Å²) >= 11 is 0. The average molecular weight is 510 g/mol. The molecular weight excluding hydrogens is 470 g/mol. The Hall–Kier alpha value is -3.06. The molecule has 6 nitrogen and oxygen atoms in total. The first-order valence-electron chi connectivity index (χ1n) is 14.2. The standard InChI is InChI=1S/C32H39N5O/c38-32(34-21-25-9-6-14-33-20-25)31-19-29(23-37(31)30-17-26-10-4-5-11-27(26)18-30)35-28-12-15-36(16-13-28)22-24-7-2-1-3-8-24/h1-11,14,20,28-31,35H,12-13,15-19,21-23H2,(H,34,38)/t29-,31-/m0/s1. The van der Waals surface area contributed by atoms with E-state index in [2.05, 4.69) is 80.0 Å². The minimum atomic E-state index is -0.0957. The third-order valence-corrected chi connectivity index (χ3v) is 8.64. The molecule has 2 fully saturated rings. The third-order valence-electron chi connectivity index (χ3n) is 8.64. The monoisotopic (exact) mass is 509 g/mol. The largest absolute Gasteiger partial charge is 0.351 e. The van der Waals surface area contributed by atoms with E-state index in [0.29, 0.717) is 24.7 Å². The molecule has 38 heavy (non-hydrogen) atoms. The van der Waals surface area contributed by atoms with Crippen molar-refractivity contribution in [3.63, 3.8) is 0 Å². The molecule has 2 aliphatic heterocycles. The number of likely N-dealkylation sites (tertiary alicyclic amines) is 2. The smallest absolute Gasteiger partial charge is 0.237 e. The summed E-state index contributed by atoms with van der Waals surface area (Å²) in [4.78, 5) is 22.8. The fourth-order valence-electron chi connectivity index (χ4n) is 6.66. The summed E-state index contributed by atoms with van der Waals surface area (Å²) in [5.41, 5.74) is 5.31. The molecule has 0 radical (unpaired) electrons. The number of carbonyl (C=O) groups excluding carboxylic acids is 1. The summed E-state index contributed by atoms with van der Waals surface area (Å²) < 4.78 is 0. The molecule has 1 aromatic heterocycles. The van der Waals surface area contributed by atoms with Gasteiger partial charge in [0.1, 0.15) is 0 Å². The topological polar surface area (TPSA) is 60.5 Å². The molecule has 3 aromatic rings. The van der Waals surface area contributed by atoms with Crippen molar-refractivity contribution in [1.29, 1.82) is 0 Å². The van der Waals surface area contributed by atoms with Gasteiger partial charge in [-0.2, -0.15) is 0 Å². The SMILES string of the molecule is O=C(NCc1cccnc1)[C@@H]1C[C@H](NC2CCN(Cc3ccccc3)CC2)CN1C1Cc2ccccc2C1. The van der Waals surface area contributed by atoms with E-state index in [1.807, 2.05) is 18.3 Å². The van der Waals surface area contributed by atoms with E-state index in [-0.39, 0.29) is 11.9 Å². The van der Waals surface area contributed by atoms with Crippen molar-refractivity contribution in [2.24, 2.45) is 0 Å². The Kier molecular flexibility index (Phi) is 7.81. The third kappa shape index (κ3) is 5.98. The predicted octanol–water partition coefficient (Wildman–Crippen LogP) is 3.56. The fraction of sp³-hybridized carbons (Fsp3) is 0.438. The van der Waals surface area contributed by atoms with Gasteiger partial charge in [-0.3, -0.25) is 19.6 Å². The van der Waals surface area contributed by atoms with Gasteiger partial charge in [-0.25, -0.2) is 0 Å². The number of hydrogen-bond acceptors (Lipinski definition) is 5. The number of nitrogens with one attached hydrogen (secondary N) is 2. The lowest BCUT2D eigenvalue weighted by Crippen LogP contribution is -2.48. The maximum absolute atomic E-state index is 13.5.